The van der Waals surface area contributed by atoms with Crippen molar-refractivity contribution in [2.24, 2.45) is 0 Å². The molecule has 0 aliphatic carbocycles. The van der Waals surface area contributed by atoms with Crippen LogP contribution in [0.2, 0.25) is 0 Å². The molecule has 2 aromatic carbocycles. The molecule has 1 aliphatic rings. The molecule has 1 aliphatic heterocycles. The molecule has 4 atom stereocenters. The molecule has 2 N–H and O–H groups in total. The minimum absolute atomic E-state index is 0.300. The summed E-state index contributed by atoms with van der Waals surface area (Å²) in [5, 5.41) is 20.7. The van der Waals surface area contributed by atoms with Crippen LogP contribution in [0.5, 0.6) is 0 Å². The number of aliphatic hydroxyl groups excluding tert-OH is 1. The van der Waals surface area contributed by atoms with Crippen LogP contribution in [0, 0.1) is 13.8 Å². The van der Waals surface area contributed by atoms with Crippen molar-refractivity contribution in [3.8, 4) is 0 Å². The van der Waals surface area contributed by atoms with Crippen LogP contribution in [0.15, 0.2) is 48.5 Å². The van der Waals surface area contributed by atoms with E-state index in [1.54, 1.807) is 62.4 Å². The van der Waals surface area contributed by atoms with Crippen LogP contribution in [0.3, 0.4) is 0 Å². The number of esters is 2. The van der Waals surface area contributed by atoms with Crippen LogP contribution in [0.1, 0.15) is 38.8 Å². The molecule has 0 aromatic heterocycles. The Balaban J connectivity index is 1.73. The van der Waals surface area contributed by atoms with E-state index in [1.165, 1.54) is 6.92 Å². The summed E-state index contributed by atoms with van der Waals surface area (Å²) < 4.78 is 16.1. The van der Waals surface area contributed by atoms with Gasteiger partial charge in [-0.25, -0.2) is 9.59 Å². The lowest BCUT2D eigenvalue weighted by Gasteiger charge is -2.27. The molecule has 0 radical (unpaired) electrons. The smallest absolute Gasteiger partial charge is 0.338 e. The van der Waals surface area contributed by atoms with Gasteiger partial charge < -0.3 is 24.4 Å². The number of aryl methyl sites for hydroxylation is 2. The quantitative estimate of drug-likeness (QED) is 0.742. The lowest BCUT2D eigenvalue weighted by atomic mass is 9.97. The third-order valence-corrected chi connectivity index (χ3v) is 5.06. The van der Waals surface area contributed by atoms with Crippen LogP contribution < -0.4 is 0 Å². The average Bonchev–Trinajstić information content (AvgIpc) is 2.89. The Morgan fingerprint density at radius 1 is 1.00 bits per heavy atom. The van der Waals surface area contributed by atoms with Crippen LogP contribution in [-0.2, 0) is 14.2 Å². The molecule has 1 heterocycles. The number of ether oxygens (including phenoxy) is 3. The molecule has 0 bridgehead atoms. The van der Waals surface area contributed by atoms with Crippen molar-refractivity contribution < 1.29 is 34.0 Å². The van der Waals surface area contributed by atoms with Gasteiger partial charge in [-0.05, 0) is 44.0 Å². The third-order valence-electron chi connectivity index (χ3n) is 5.06. The number of rotatable bonds is 5. The summed E-state index contributed by atoms with van der Waals surface area (Å²) in [5.74, 6) is -1.24. The van der Waals surface area contributed by atoms with Gasteiger partial charge >= 0.3 is 11.9 Å². The molecule has 1 saturated heterocycles. The number of hydrogen-bond donors (Lipinski definition) is 2. The molecule has 7 heteroatoms. The van der Waals surface area contributed by atoms with Gasteiger partial charge in [-0.15, -0.1) is 0 Å². The Bertz CT molecular complexity index is 906. The Kier molecular flexibility index (Phi) is 6.02. The molecule has 29 heavy (non-hydrogen) atoms. The number of carbonyl (C=O) groups is 2. The molecule has 0 amide bonds. The minimum Gasteiger partial charge on any atom is -0.459 e. The van der Waals surface area contributed by atoms with Crippen LogP contribution >= 0.6 is 0 Å². The zero-order valence-corrected chi connectivity index (χ0v) is 16.5. The van der Waals surface area contributed by atoms with Gasteiger partial charge in [0.2, 0.25) is 0 Å². The van der Waals surface area contributed by atoms with E-state index >= 15 is 0 Å². The summed E-state index contributed by atoms with van der Waals surface area (Å²) in [4.78, 5) is 24.9. The van der Waals surface area contributed by atoms with E-state index in [4.69, 9.17) is 14.2 Å². The molecule has 1 fully saturated rings. The Hall–Kier alpha value is -2.74. The van der Waals surface area contributed by atoms with Gasteiger partial charge in [0, 0.05) is 0 Å². The van der Waals surface area contributed by atoms with Crippen molar-refractivity contribution in [3.63, 3.8) is 0 Å². The van der Waals surface area contributed by atoms with Gasteiger partial charge in [0.1, 0.15) is 12.7 Å². The van der Waals surface area contributed by atoms with E-state index in [9.17, 15) is 19.8 Å². The van der Waals surface area contributed by atoms with Crippen molar-refractivity contribution >= 4 is 11.9 Å². The zero-order valence-electron chi connectivity index (χ0n) is 16.5. The standard InChI is InChI=1S/C22H24O7/c1-13-8-4-6-10-15(13)19(23)27-12-17-18(22(3,26)21(25)28-17)29-20(24)16-11-7-5-9-14(16)2/h4-11,17-18,21,25-26H,12H2,1-3H3/t17-,18-,21?,22-/m1/s1. The fourth-order valence-electron chi connectivity index (χ4n) is 3.23. The molecular formula is C22H24O7. The highest BCUT2D eigenvalue weighted by atomic mass is 16.7. The van der Waals surface area contributed by atoms with Gasteiger partial charge in [0.05, 0.1) is 11.1 Å². The molecule has 154 valence electrons. The van der Waals surface area contributed by atoms with E-state index in [2.05, 4.69) is 0 Å². The Labute approximate surface area is 168 Å². The Morgan fingerprint density at radius 2 is 1.52 bits per heavy atom. The molecule has 3 rings (SSSR count). The Morgan fingerprint density at radius 3 is 2.07 bits per heavy atom. The first kappa shape index (κ1) is 21.0. The second-order valence-corrected chi connectivity index (χ2v) is 7.31. The van der Waals surface area contributed by atoms with Gasteiger partial charge in [-0.2, -0.15) is 0 Å². The van der Waals surface area contributed by atoms with E-state index in [-0.39, 0.29) is 6.61 Å². The summed E-state index contributed by atoms with van der Waals surface area (Å²) in [6.45, 7) is 4.54. The fraction of sp³-hybridized carbons (Fsp3) is 0.364. The van der Waals surface area contributed by atoms with Gasteiger partial charge in [-0.1, -0.05) is 36.4 Å². The number of carbonyl (C=O) groups excluding carboxylic acids is 2. The van der Waals surface area contributed by atoms with Crippen LogP contribution in [0.25, 0.3) is 0 Å². The molecule has 2 aromatic rings. The number of hydrogen-bond acceptors (Lipinski definition) is 7. The highest BCUT2D eigenvalue weighted by Gasteiger charge is 2.55. The molecule has 0 spiro atoms. The fourth-order valence-corrected chi connectivity index (χ4v) is 3.23. The second-order valence-electron chi connectivity index (χ2n) is 7.31. The predicted octanol–water partition coefficient (Wildman–Crippen LogP) is 2.15. The minimum atomic E-state index is -1.86. The molecule has 0 saturated carbocycles. The molecule has 1 unspecified atom stereocenters. The van der Waals surface area contributed by atoms with E-state index in [1.807, 2.05) is 0 Å². The van der Waals surface area contributed by atoms with Crippen molar-refractivity contribution in [2.75, 3.05) is 6.61 Å². The summed E-state index contributed by atoms with van der Waals surface area (Å²) in [7, 11) is 0. The average molecular weight is 400 g/mol. The highest BCUT2D eigenvalue weighted by molar-refractivity contribution is 5.91. The molecular weight excluding hydrogens is 376 g/mol. The van der Waals surface area contributed by atoms with E-state index in [0.717, 1.165) is 5.56 Å². The summed E-state index contributed by atoms with van der Waals surface area (Å²) in [6.07, 6.45) is -3.85. The zero-order chi connectivity index (χ0) is 21.2. The lowest BCUT2D eigenvalue weighted by molar-refractivity contribution is -0.170. The first-order chi connectivity index (χ1) is 13.7. The second kappa shape index (κ2) is 8.32. The van der Waals surface area contributed by atoms with Crippen molar-refractivity contribution in [1.29, 1.82) is 0 Å². The maximum atomic E-state index is 12.6. The normalized spacial score (nSPS) is 26.2. The number of aliphatic hydroxyl groups is 2. The maximum absolute atomic E-state index is 12.6. The van der Waals surface area contributed by atoms with E-state index in [0.29, 0.717) is 16.7 Å². The van der Waals surface area contributed by atoms with Crippen molar-refractivity contribution in [3.05, 3.63) is 70.8 Å². The van der Waals surface area contributed by atoms with Gasteiger partial charge in [-0.3, -0.25) is 0 Å². The lowest BCUT2D eigenvalue weighted by Crippen LogP contribution is -2.48. The third kappa shape index (κ3) is 4.32. The molecule has 7 nitrogen and oxygen atoms in total. The SMILES string of the molecule is Cc1ccccc1C(=O)OC[C@H]1OC(O)[C@](C)(O)[C@@H]1OC(=O)c1ccccc1C. The van der Waals surface area contributed by atoms with Crippen LogP contribution in [-0.4, -0.2) is 52.9 Å². The monoisotopic (exact) mass is 400 g/mol. The largest absolute Gasteiger partial charge is 0.459 e. The van der Waals surface area contributed by atoms with Crippen molar-refractivity contribution in [1.82, 2.24) is 0 Å². The first-order valence-corrected chi connectivity index (χ1v) is 9.27. The highest BCUT2D eigenvalue weighted by Crippen LogP contribution is 2.33. The maximum Gasteiger partial charge on any atom is 0.338 e. The topological polar surface area (TPSA) is 102 Å². The van der Waals surface area contributed by atoms with Crippen LogP contribution in [0.4, 0.5) is 0 Å². The predicted molar refractivity (Wildman–Crippen MR) is 103 cm³/mol. The van der Waals surface area contributed by atoms with Gasteiger partial charge in [0.25, 0.3) is 0 Å². The van der Waals surface area contributed by atoms with Crippen molar-refractivity contribution in [2.45, 2.75) is 44.9 Å². The summed E-state index contributed by atoms with van der Waals surface area (Å²) >= 11 is 0. The van der Waals surface area contributed by atoms with E-state index < -0.39 is 36.0 Å². The summed E-state index contributed by atoms with van der Waals surface area (Å²) in [6, 6.07) is 13.8. The van der Waals surface area contributed by atoms with Gasteiger partial charge in [0.15, 0.2) is 18.0 Å². The first-order valence-electron chi connectivity index (χ1n) is 9.27. The number of benzene rings is 2. The summed E-state index contributed by atoms with van der Waals surface area (Å²) in [5.41, 5.74) is 0.322.